The fraction of sp³-hybridized carbons (Fsp3) is 0.318. The molecule has 3 heterocycles. The lowest BCUT2D eigenvalue weighted by molar-refractivity contribution is -0.0246. The smallest absolute Gasteiger partial charge is 0.255 e. The van der Waals surface area contributed by atoms with E-state index in [1.54, 1.807) is 17.0 Å². The Morgan fingerprint density at radius 3 is 2.86 bits per heavy atom. The molecule has 150 valence electrons. The number of morpholine rings is 1. The van der Waals surface area contributed by atoms with Crippen LogP contribution in [0.2, 0.25) is 5.02 Å². The normalized spacial score (nSPS) is 16.8. The quantitative estimate of drug-likeness (QED) is 0.633. The topological polar surface area (TPSA) is 68.5 Å². The molecule has 1 aliphatic heterocycles. The lowest BCUT2D eigenvalue weighted by Gasteiger charge is -2.33. The summed E-state index contributed by atoms with van der Waals surface area (Å²) in [5.74, 6) is 0.718. The van der Waals surface area contributed by atoms with Crippen LogP contribution in [0.25, 0.3) is 11.3 Å². The molecule has 0 bridgehead atoms. The van der Waals surface area contributed by atoms with Crippen LogP contribution >= 0.6 is 11.6 Å². The minimum absolute atomic E-state index is 0.0943. The number of nitrogens with zero attached hydrogens (tertiary/aromatic N) is 3. The van der Waals surface area contributed by atoms with Crippen LogP contribution < -0.4 is 0 Å². The zero-order valence-corrected chi connectivity index (χ0v) is 17.1. The predicted molar refractivity (Wildman–Crippen MR) is 110 cm³/mol. The van der Waals surface area contributed by atoms with Crippen molar-refractivity contribution >= 4 is 17.5 Å². The van der Waals surface area contributed by atoms with Crippen molar-refractivity contribution < 1.29 is 14.1 Å². The van der Waals surface area contributed by atoms with Crippen LogP contribution in [0.4, 0.5) is 0 Å². The van der Waals surface area contributed by atoms with Crippen LogP contribution in [0.3, 0.4) is 0 Å². The van der Waals surface area contributed by atoms with Gasteiger partial charge >= 0.3 is 0 Å². The summed E-state index contributed by atoms with van der Waals surface area (Å²) >= 11 is 6.21. The van der Waals surface area contributed by atoms with Gasteiger partial charge < -0.3 is 14.2 Å². The first-order chi connectivity index (χ1) is 14.1. The van der Waals surface area contributed by atoms with Gasteiger partial charge in [0.1, 0.15) is 11.9 Å². The Morgan fingerprint density at radius 1 is 1.24 bits per heavy atom. The van der Waals surface area contributed by atoms with Gasteiger partial charge in [-0.1, -0.05) is 41.9 Å². The Morgan fingerprint density at radius 2 is 2.07 bits per heavy atom. The first-order valence-electron chi connectivity index (χ1n) is 9.66. The molecule has 1 aliphatic rings. The standard InChI is InChI=1S/C22H22ClN3O3/c1-3-19-21(14(2)25-29-19)18-10-6-9-17(24-18)20-13-26(11-12-28-20)22(27)15-7-4-5-8-16(15)23/h4-10,20H,3,11-13H2,1-2H3. The van der Waals surface area contributed by atoms with Crippen LogP contribution in [-0.2, 0) is 11.2 Å². The highest BCUT2D eigenvalue weighted by Crippen LogP contribution is 2.29. The van der Waals surface area contributed by atoms with Crippen LogP contribution in [0.15, 0.2) is 47.0 Å². The third kappa shape index (κ3) is 3.91. The van der Waals surface area contributed by atoms with E-state index in [4.69, 9.17) is 25.8 Å². The number of aryl methyl sites for hydroxylation is 2. The predicted octanol–water partition coefficient (Wildman–Crippen LogP) is 4.47. The van der Waals surface area contributed by atoms with Gasteiger partial charge in [-0.3, -0.25) is 4.79 Å². The Labute approximate surface area is 174 Å². The van der Waals surface area contributed by atoms with Crippen molar-refractivity contribution in [3.05, 3.63) is 70.2 Å². The van der Waals surface area contributed by atoms with E-state index in [-0.39, 0.29) is 12.0 Å². The maximum absolute atomic E-state index is 12.9. The van der Waals surface area contributed by atoms with Gasteiger partial charge in [0, 0.05) is 13.0 Å². The highest BCUT2D eigenvalue weighted by Gasteiger charge is 2.28. The van der Waals surface area contributed by atoms with E-state index < -0.39 is 0 Å². The third-order valence-electron chi connectivity index (χ3n) is 5.07. The summed E-state index contributed by atoms with van der Waals surface area (Å²) in [6.07, 6.45) is 0.433. The van der Waals surface area contributed by atoms with Crippen molar-refractivity contribution in [1.29, 1.82) is 0 Å². The maximum Gasteiger partial charge on any atom is 0.255 e. The van der Waals surface area contributed by atoms with Crippen molar-refractivity contribution in [3.8, 4) is 11.3 Å². The number of hydrogen-bond donors (Lipinski definition) is 0. The summed E-state index contributed by atoms with van der Waals surface area (Å²) in [6.45, 7) is 5.32. The van der Waals surface area contributed by atoms with Gasteiger partial charge in [-0.25, -0.2) is 4.98 Å². The molecule has 2 aromatic heterocycles. The molecule has 6 nitrogen and oxygen atoms in total. The maximum atomic E-state index is 12.9. The number of hydrogen-bond acceptors (Lipinski definition) is 5. The molecule has 1 atom stereocenters. The second-order valence-corrected chi connectivity index (χ2v) is 7.37. The molecular formula is C22H22ClN3O3. The summed E-state index contributed by atoms with van der Waals surface area (Å²) < 4.78 is 11.3. The molecule has 7 heteroatoms. The number of carbonyl (C=O) groups is 1. The average molecular weight is 412 g/mol. The Bertz CT molecular complexity index is 1030. The number of rotatable bonds is 4. The molecule has 1 saturated heterocycles. The largest absolute Gasteiger partial charge is 0.368 e. The first-order valence-corrected chi connectivity index (χ1v) is 10.0. The molecule has 0 N–H and O–H groups in total. The molecule has 1 fully saturated rings. The minimum atomic E-state index is -0.305. The van der Waals surface area contributed by atoms with Gasteiger partial charge in [-0.2, -0.15) is 0 Å². The molecule has 4 rings (SSSR count). The van der Waals surface area contributed by atoms with E-state index in [0.29, 0.717) is 30.3 Å². The second-order valence-electron chi connectivity index (χ2n) is 6.96. The number of halogens is 1. The number of ether oxygens (including phenoxy) is 1. The van der Waals surface area contributed by atoms with Gasteiger partial charge in [0.25, 0.3) is 5.91 Å². The van der Waals surface area contributed by atoms with Crippen molar-refractivity contribution in [2.75, 3.05) is 19.7 Å². The highest BCUT2D eigenvalue weighted by molar-refractivity contribution is 6.33. The molecule has 3 aromatic rings. The summed E-state index contributed by atoms with van der Waals surface area (Å²) in [7, 11) is 0. The summed E-state index contributed by atoms with van der Waals surface area (Å²) in [4.78, 5) is 19.5. The highest BCUT2D eigenvalue weighted by atomic mass is 35.5. The Hall–Kier alpha value is -2.70. The second kappa shape index (κ2) is 8.35. The van der Waals surface area contributed by atoms with E-state index in [1.165, 1.54) is 0 Å². The van der Waals surface area contributed by atoms with E-state index in [1.807, 2.05) is 44.2 Å². The number of benzene rings is 1. The number of pyridine rings is 1. The van der Waals surface area contributed by atoms with E-state index in [9.17, 15) is 4.79 Å². The van der Waals surface area contributed by atoms with E-state index in [0.717, 1.165) is 34.8 Å². The van der Waals surface area contributed by atoms with E-state index >= 15 is 0 Å². The van der Waals surface area contributed by atoms with Gasteiger partial charge in [0.2, 0.25) is 0 Å². The molecule has 0 spiro atoms. The number of aromatic nitrogens is 2. The zero-order chi connectivity index (χ0) is 20.4. The van der Waals surface area contributed by atoms with Crippen LogP contribution in [0.5, 0.6) is 0 Å². The van der Waals surface area contributed by atoms with Crippen LogP contribution in [0, 0.1) is 6.92 Å². The molecule has 1 unspecified atom stereocenters. The van der Waals surface area contributed by atoms with Crippen molar-refractivity contribution in [1.82, 2.24) is 15.0 Å². The molecule has 29 heavy (non-hydrogen) atoms. The van der Waals surface area contributed by atoms with Gasteiger partial charge in [0.15, 0.2) is 0 Å². The van der Waals surface area contributed by atoms with Crippen LogP contribution in [-0.4, -0.2) is 40.6 Å². The third-order valence-corrected chi connectivity index (χ3v) is 5.40. The summed E-state index contributed by atoms with van der Waals surface area (Å²) in [6, 6.07) is 12.9. The summed E-state index contributed by atoms with van der Waals surface area (Å²) in [5.41, 5.74) is 3.82. The Kier molecular flexibility index (Phi) is 5.65. The monoisotopic (exact) mass is 411 g/mol. The Balaban J connectivity index is 1.58. The zero-order valence-electron chi connectivity index (χ0n) is 16.4. The molecule has 0 saturated carbocycles. The molecule has 1 aromatic carbocycles. The lowest BCUT2D eigenvalue weighted by Crippen LogP contribution is -2.42. The number of amides is 1. The first kappa shape index (κ1) is 19.6. The van der Waals surface area contributed by atoms with Crippen molar-refractivity contribution in [3.63, 3.8) is 0 Å². The van der Waals surface area contributed by atoms with E-state index in [2.05, 4.69) is 5.16 Å². The number of carbonyl (C=O) groups excluding carboxylic acids is 1. The van der Waals surface area contributed by atoms with Crippen LogP contribution in [0.1, 0.15) is 40.5 Å². The molecule has 0 radical (unpaired) electrons. The fourth-order valence-corrected chi connectivity index (χ4v) is 3.79. The fourth-order valence-electron chi connectivity index (χ4n) is 3.57. The average Bonchev–Trinajstić information content (AvgIpc) is 3.14. The molecule has 1 amide bonds. The van der Waals surface area contributed by atoms with Crippen molar-refractivity contribution in [2.45, 2.75) is 26.4 Å². The van der Waals surface area contributed by atoms with Gasteiger partial charge in [-0.05, 0) is 31.2 Å². The minimum Gasteiger partial charge on any atom is -0.368 e. The lowest BCUT2D eigenvalue weighted by atomic mass is 10.1. The summed E-state index contributed by atoms with van der Waals surface area (Å²) in [5, 5.41) is 4.53. The molecular weight excluding hydrogens is 390 g/mol. The van der Waals surface area contributed by atoms with Gasteiger partial charge in [0.05, 0.1) is 46.4 Å². The SMILES string of the molecule is CCc1onc(C)c1-c1cccc(C2CN(C(=O)c3ccccc3Cl)CCO2)n1. The van der Waals surface area contributed by atoms with Crippen molar-refractivity contribution in [2.24, 2.45) is 0 Å². The molecule has 0 aliphatic carbocycles. The van der Waals surface area contributed by atoms with Gasteiger partial charge in [-0.15, -0.1) is 0 Å².